The summed E-state index contributed by atoms with van der Waals surface area (Å²) in [6.07, 6.45) is 2.28. The number of anilines is 2. The molecule has 1 aliphatic heterocycles. The fourth-order valence-corrected chi connectivity index (χ4v) is 4.01. The lowest BCUT2D eigenvalue weighted by atomic mass is 9.99. The highest BCUT2D eigenvalue weighted by molar-refractivity contribution is 7.92. The van der Waals surface area contributed by atoms with E-state index < -0.39 is 10.0 Å². The molecule has 0 amide bonds. The van der Waals surface area contributed by atoms with Gasteiger partial charge in [0.15, 0.2) is 11.6 Å². The molecule has 1 fully saturated rings. The van der Waals surface area contributed by atoms with Gasteiger partial charge in [0.2, 0.25) is 0 Å². The number of benzene rings is 1. The zero-order chi connectivity index (χ0) is 18.7. The van der Waals surface area contributed by atoms with Gasteiger partial charge in [-0.15, -0.1) is 10.2 Å². The third kappa shape index (κ3) is 4.33. The zero-order valence-electron chi connectivity index (χ0n) is 15.5. The van der Waals surface area contributed by atoms with Crippen molar-refractivity contribution in [3.63, 3.8) is 0 Å². The van der Waals surface area contributed by atoms with Crippen LogP contribution in [0.25, 0.3) is 0 Å². The van der Waals surface area contributed by atoms with Crippen LogP contribution in [0.15, 0.2) is 41.3 Å². The maximum atomic E-state index is 12.5. The molecule has 1 aliphatic rings. The van der Waals surface area contributed by atoms with Crippen LogP contribution in [0.1, 0.15) is 45.1 Å². The highest BCUT2D eigenvalue weighted by atomic mass is 32.2. The molecule has 0 bridgehead atoms. The molecular weight excluding hydrogens is 348 g/mol. The Hall–Kier alpha value is -2.15. The normalized spacial score (nSPS) is 16.1. The lowest BCUT2D eigenvalue weighted by Gasteiger charge is -2.30. The van der Waals surface area contributed by atoms with Crippen LogP contribution in [0.2, 0.25) is 0 Å². The molecule has 140 valence electrons. The molecule has 0 saturated carbocycles. The molecule has 0 unspecified atom stereocenters. The number of aromatic nitrogens is 2. The van der Waals surface area contributed by atoms with E-state index in [-0.39, 0.29) is 10.7 Å². The van der Waals surface area contributed by atoms with Gasteiger partial charge in [0.05, 0.1) is 4.90 Å². The molecule has 1 aromatic carbocycles. The lowest BCUT2D eigenvalue weighted by Crippen LogP contribution is -2.33. The second-order valence-electron chi connectivity index (χ2n) is 7.28. The first-order chi connectivity index (χ1) is 12.3. The van der Waals surface area contributed by atoms with Crippen LogP contribution in [-0.2, 0) is 10.0 Å². The van der Waals surface area contributed by atoms with E-state index >= 15 is 0 Å². The van der Waals surface area contributed by atoms with E-state index in [1.807, 2.05) is 18.2 Å². The number of rotatable bonds is 5. The average molecular weight is 375 g/mol. The van der Waals surface area contributed by atoms with Gasteiger partial charge in [0.25, 0.3) is 10.0 Å². The van der Waals surface area contributed by atoms with Crippen molar-refractivity contribution in [2.24, 2.45) is 5.92 Å². The molecule has 6 nitrogen and oxygen atoms in total. The van der Waals surface area contributed by atoms with E-state index in [1.54, 1.807) is 18.2 Å². The van der Waals surface area contributed by atoms with Crippen LogP contribution in [0.3, 0.4) is 0 Å². The molecule has 0 spiro atoms. The summed E-state index contributed by atoms with van der Waals surface area (Å²) < 4.78 is 27.5. The first-order valence-electron chi connectivity index (χ1n) is 9.06. The summed E-state index contributed by atoms with van der Waals surface area (Å²) in [4.78, 5) is 2.41. The molecule has 2 heterocycles. The highest BCUT2D eigenvalue weighted by Crippen LogP contribution is 2.22. The van der Waals surface area contributed by atoms with Gasteiger partial charge in [-0.2, -0.15) is 0 Å². The number of hydrogen-bond acceptors (Lipinski definition) is 5. The van der Waals surface area contributed by atoms with Gasteiger partial charge in [-0.1, -0.05) is 32.9 Å². The van der Waals surface area contributed by atoms with Crippen LogP contribution >= 0.6 is 0 Å². The zero-order valence-corrected chi connectivity index (χ0v) is 16.3. The molecule has 26 heavy (non-hydrogen) atoms. The van der Waals surface area contributed by atoms with Crippen molar-refractivity contribution in [3.05, 3.63) is 42.0 Å². The SMILES string of the molecule is CC1CCN(c2ccc(NS(=O)(=O)c3ccc(C(C)C)cc3)nn2)CC1. The van der Waals surface area contributed by atoms with Crippen LogP contribution < -0.4 is 9.62 Å². The van der Waals surface area contributed by atoms with Crippen molar-refractivity contribution in [1.82, 2.24) is 10.2 Å². The topological polar surface area (TPSA) is 75.2 Å². The lowest BCUT2D eigenvalue weighted by molar-refractivity contribution is 0.436. The summed E-state index contributed by atoms with van der Waals surface area (Å²) in [6, 6.07) is 10.4. The first-order valence-corrected chi connectivity index (χ1v) is 10.5. The Labute approximate surface area is 155 Å². The summed E-state index contributed by atoms with van der Waals surface area (Å²) >= 11 is 0. The Morgan fingerprint density at radius 2 is 1.69 bits per heavy atom. The number of nitrogens with one attached hydrogen (secondary N) is 1. The van der Waals surface area contributed by atoms with Crippen molar-refractivity contribution in [3.8, 4) is 0 Å². The van der Waals surface area contributed by atoms with Crippen molar-refractivity contribution in [2.75, 3.05) is 22.7 Å². The molecule has 1 saturated heterocycles. The van der Waals surface area contributed by atoms with Gasteiger partial charge in [-0.25, -0.2) is 8.42 Å². The maximum absolute atomic E-state index is 12.5. The average Bonchev–Trinajstić information content (AvgIpc) is 2.63. The van der Waals surface area contributed by atoms with E-state index in [0.717, 1.165) is 43.2 Å². The minimum Gasteiger partial charge on any atom is -0.355 e. The smallest absolute Gasteiger partial charge is 0.263 e. The van der Waals surface area contributed by atoms with E-state index in [1.165, 1.54) is 0 Å². The van der Waals surface area contributed by atoms with Gasteiger partial charge in [-0.05, 0) is 54.5 Å². The van der Waals surface area contributed by atoms with E-state index in [0.29, 0.717) is 5.92 Å². The van der Waals surface area contributed by atoms with E-state index in [2.05, 4.69) is 40.6 Å². The molecule has 0 radical (unpaired) electrons. The van der Waals surface area contributed by atoms with E-state index in [4.69, 9.17) is 0 Å². The van der Waals surface area contributed by atoms with Crippen LogP contribution in [-0.4, -0.2) is 31.7 Å². The maximum Gasteiger partial charge on any atom is 0.263 e. The molecule has 7 heteroatoms. The molecule has 0 atom stereocenters. The molecule has 1 N–H and O–H groups in total. The van der Waals surface area contributed by atoms with Crippen molar-refractivity contribution < 1.29 is 8.42 Å². The Morgan fingerprint density at radius 3 is 2.23 bits per heavy atom. The minimum absolute atomic E-state index is 0.220. The molecule has 1 aromatic heterocycles. The van der Waals surface area contributed by atoms with Gasteiger partial charge in [-0.3, -0.25) is 4.72 Å². The predicted octanol–water partition coefficient (Wildman–Crippen LogP) is 3.64. The van der Waals surface area contributed by atoms with Crippen molar-refractivity contribution >= 4 is 21.7 Å². The molecule has 3 rings (SSSR count). The van der Waals surface area contributed by atoms with Gasteiger partial charge in [0, 0.05) is 13.1 Å². The predicted molar refractivity (Wildman–Crippen MR) is 104 cm³/mol. The fraction of sp³-hybridized carbons (Fsp3) is 0.474. The third-order valence-corrected chi connectivity index (χ3v) is 6.22. The summed E-state index contributed by atoms with van der Waals surface area (Å²) in [5.74, 6) is 2.12. The number of hydrogen-bond donors (Lipinski definition) is 1. The Balaban J connectivity index is 1.69. The monoisotopic (exact) mass is 374 g/mol. The number of piperidine rings is 1. The summed E-state index contributed by atoms with van der Waals surface area (Å²) in [7, 11) is -3.67. The van der Waals surface area contributed by atoms with Crippen molar-refractivity contribution in [2.45, 2.75) is 44.4 Å². The van der Waals surface area contributed by atoms with Crippen LogP contribution in [0, 0.1) is 5.92 Å². The van der Waals surface area contributed by atoms with Crippen LogP contribution in [0.5, 0.6) is 0 Å². The largest absolute Gasteiger partial charge is 0.355 e. The second kappa shape index (κ2) is 7.61. The van der Waals surface area contributed by atoms with Crippen molar-refractivity contribution in [1.29, 1.82) is 0 Å². The summed E-state index contributed by atoms with van der Waals surface area (Å²) in [5.41, 5.74) is 1.10. The van der Waals surface area contributed by atoms with Gasteiger partial charge >= 0.3 is 0 Å². The highest BCUT2D eigenvalue weighted by Gasteiger charge is 2.19. The molecule has 0 aliphatic carbocycles. The fourth-order valence-electron chi connectivity index (χ4n) is 3.01. The minimum atomic E-state index is -3.67. The Kier molecular flexibility index (Phi) is 5.46. The number of nitrogens with zero attached hydrogens (tertiary/aromatic N) is 3. The quantitative estimate of drug-likeness (QED) is 0.865. The Morgan fingerprint density at radius 1 is 1.04 bits per heavy atom. The summed E-state index contributed by atoms with van der Waals surface area (Å²) in [6.45, 7) is 8.32. The first kappa shape index (κ1) is 18.6. The van der Waals surface area contributed by atoms with E-state index in [9.17, 15) is 8.42 Å². The Bertz CT molecular complexity index is 825. The second-order valence-corrected chi connectivity index (χ2v) is 8.96. The van der Waals surface area contributed by atoms with Gasteiger partial charge < -0.3 is 4.90 Å². The molecular formula is C19H26N4O2S. The number of sulfonamides is 1. The molecule has 2 aromatic rings. The van der Waals surface area contributed by atoms with Crippen LogP contribution in [0.4, 0.5) is 11.6 Å². The third-order valence-electron chi connectivity index (χ3n) is 4.85. The summed E-state index contributed by atoms with van der Waals surface area (Å²) in [5, 5.41) is 8.24. The standard InChI is InChI=1S/C19H26N4O2S/c1-14(2)16-4-6-17(7-5-16)26(24,25)22-18-8-9-19(21-20-18)23-12-10-15(3)11-13-23/h4-9,14-15H,10-13H2,1-3H3,(H,20,22). The van der Waals surface area contributed by atoms with Gasteiger partial charge in [0.1, 0.15) is 0 Å².